The van der Waals surface area contributed by atoms with E-state index < -0.39 is 12.7 Å². The van der Waals surface area contributed by atoms with Crippen molar-refractivity contribution < 1.29 is 28.8 Å². The van der Waals surface area contributed by atoms with Gasteiger partial charge in [-0.1, -0.05) is 30.3 Å². The van der Waals surface area contributed by atoms with E-state index in [1.54, 1.807) is 18.2 Å². The molecule has 1 aromatic carbocycles. The van der Waals surface area contributed by atoms with Crippen molar-refractivity contribution in [1.82, 2.24) is 0 Å². The number of alkyl halides is 3. The highest BCUT2D eigenvalue weighted by atomic mass is 35.5. The molecule has 0 saturated carbocycles. The molecule has 0 radical (unpaired) electrons. The molecule has 0 amide bonds. The third-order valence-corrected chi connectivity index (χ3v) is 1.64. The number of hydrogen-bond acceptors (Lipinski definition) is 1. The van der Waals surface area contributed by atoms with Crippen molar-refractivity contribution in [2.24, 2.45) is 0 Å². The zero-order valence-electron chi connectivity index (χ0n) is 7.38. The molecular weight excluding hydrogens is 235 g/mol. The largest absolute Gasteiger partial charge is 0.509 e. The van der Waals surface area contributed by atoms with Gasteiger partial charge in [0.2, 0.25) is 0 Å². The highest BCUT2D eigenvalue weighted by Gasteiger charge is 2.35. The number of hydrogen-bond donors (Lipinski definition) is 0. The first-order chi connectivity index (χ1) is 5.99. The van der Waals surface area contributed by atoms with Crippen LogP contribution in [0.15, 0.2) is 30.3 Å². The van der Waals surface area contributed by atoms with Crippen molar-refractivity contribution in [1.29, 1.82) is 0 Å². The molecule has 0 aromatic heterocycles. The average molecular weight is 244 g/mol. The van der Waals surface area contributed by atoms with Gasteiger partial charge in [-0.2, -0.15) is 0 Å². The molecule has 0 fully saturated rings. The first-order valence-corrected chi connectivity index (χ1v) is 3.86. The highest BCUT2D eigenvalue weighted by molar-refractivity contribution is 7.10. The van der Waals surface area contributed by atoms with Gasteiger partial charge in [0, 0.05) is 0 Å². The highest BCUT2D eigenvalue weighted by Crippen LogP contribution is 2.18. The fourth-order valence-electron chi connectivity index (χ4n) is 0.790. The normalized spacial score (nSPS) is 9.87. The van der Waals surface area contributed by atoms with E-state index in [0.29, 0.717) is 0 Å². The molecule has 0 bridgehead atoms. The molecule has 0 aliphatic heterocycles. The summed E-state index contributed by atoms with van der Waals surface area (Å²) in [5.41, 5.74) is 0.279. The van der Waals surface area contributed by atoms with Crippen LogP contribution in [0.2, 0.25) is 0 Å². The molecule has 3 nitrogen and oxygen atoms in total. The monoisotopic (exact) mass is 244 g/mol. The second-order valence-corrected chi connectivity index (χ2v) is 2.69. The summed E-state index contributed by atoms with van der Waals surface area (Å²) < 4.78 is 38.6. The van der Waals surface area contributed by atoms with Crippen LogP contribution in [-0.4, -0.2) is 23.6 Å². The van der Waals surface area contributed by atoms with Crippen LogP contribution in [0.5, 0.6) is 0 Å². The van der Waals surface area contributed by atoms with Gasteiger partial charge in [0.05, 0.1) is 0 Å². The molecule has 0 heterocycles. The Kier molecular flexibility index (Phi) is 7.42. The van der Waals surface area contributed by atoms with Crippen LogP contribution in [0.1, 0.15) is 0 Å². The van der Waals surface area contributed by atoms with E-state index >= 15 is 0 Å². The van der Waals surface area contributed by atoms with Crippen LogP contribution in [0.4, 0.5) is 13.2 Å². The van der Waals surface area contributed by atoms with E-state index in [9.17, 15) is 13.2 Å². The standard InChI is InChI=1S/C7H5BClF3O.2H2O/c9-8(13-7(10,11)12)6-4-2-1-3-5-6;;/h1-5H;2*1H2. The minimum atomic E-state index is -4.71. The molecule has 0 unspecified atom stereocenters. The molecule has 86 valence electrons. The zero-order valence-corrected chi connectivity index (χ0v) is 8.14. The molecular formula is C7H9BClF3O3. The van der Waals surface area contributed by atoms with Crippen molar-refractivity contribution >= 4 is 23.3 Å². The fourth-order valence-corrected chi connectivity index (χ4v) is 1.04. The summed E-state index contributed by atoms with van der Waals surface area (Å²) in [6, 6.07) is 7.78. The molecule has 1 rings (SSSR count). The van der Waals surface area contributed by atoms with Crippen LogP contribution in [0, 0.1) is 0 Å². The Labute approximate surface area is 89.4 Å². The number of benzene rings is 1. The van der Waals surface area contributed by atoms with Gasteiger partial charge in [-0.15, -0.1) is 24.6 Å². The smallest absolute Gasteiger partial charge is 0.412 e. The third kappa shape index (κ3) is 6.35. The lowest BCUT2D eigenvalue weighted by atomic mass is 9.86. The maximum absolute atomic E-state index is 11.7. The predicted molar refractivity (Wildman–Crippen MR) is 52.1 cm³/mol. The topological polar surface area (TPSA) is 72.2 Å². The second-order valence-electron chi connectivity index (χ2n) is 2.29. The van der Waals surface area contributed by atoms with E-state index in [0.717, 1.165) is 0 Å². The Balaban J connectivity index is 0. The molecule has 0 saturated heterocycles. The SMILES string of the molecule is FC(F)(F)OB(Cl)c1ccccc1.O.O. The lowest BCUT2D eigenvalue weighted by molar-refractivity contribution is -0.276. The van der Waals surface area contributed by atoms with Gasteiger partial charge in [-0.3, -0.25) is 0 Å². The van der Waals surface area contributed by atoms with Gasteiger partial charge in [0.15, 0.2) is 0 Å². The average Bonchev–Trinajstić information content (AvgIpc) is 2.03. The summed E-state index contributed by atoms with van der Waals surface area (Å²) in [5.74, 6) is 0. The van der Waals surface area contributed by atoms with Gasteiger partial charge in [-0.25, -0.2) is 0 Å². The molecule has 15 heavy (non-hydrogen) atoms. The summed E-state index contributed by atoms with van der Waals surface area (Å²) in [6.45, 7) is 0. The Hall–Kier alpha value is -0.755. The number of halogens is 4. The van der Waals surface area contributed by atoms with E-state index in [1.807, 2.05) is 0 Å². The summed E-state index contributed by atoms with van der Waals surface area (Å²) in [7, 11) is 0. The van der Waals surface area contributed by atoms with Crippen LogP contribution in [0.3, 0.4) is 0 Å². The van der Waals surface area contributed by atoms with E-state index in [-0.39, 0.29) is 16.4 Å². The molecule has 4 N–H and O–H groups in total. The van der Waals surface area contributed by atoms with Crippen LogP contribution in [0.25, 0.3) is 0 Å². The Bertz CT molecular complexity index is 270. The van der Waals surface area contributed by atoms with Crippen molar-refractivity contribution in [3.8, 4) is 0 Å². The minimum Gasteiger partial charge on any atom is -0.412 e. The van der Waals surface area contributed by atoms with Crippen LogP contribution < -0.4 is 5.46 Å². The van der Waals surface area contributed by atoms with Crippen molar-refractivity contribution in [3.63, 3.8) is 0 Å². The summed E-state index contributed by atoms with van der Waals surface area (Å²) in [6.07, 6.45) is -6.19. The molecule has 8 heteroatoms. The van der Waals surface area contributed by atoms with Gasteiger partial charge < -0.3 is 15.6 Å². The zero-order chi connectivity index (χ0) is 9.90. The first-order valence-electron chi connectivity index (χ1n) is 3.42. The molecule has 1 aromatic rings. The van der Waals surface area contributed by atoms with Gasteiger partial charge in [0.1, 0.15) is 0 Å². The fraction of sp³-hybridized carbons (Fsp3) is 0.143. The number of rotatable bonds is 2. The second kappa shape index (κ2) is 6.68. The summed E-state index contributed by atoms with van der Waals surface area (Å²) in [4.78, 5) is 0. The quantitative estimate of drug-likeness (QED) is 0.699. The molecule has 0 spiro atoms. The van der Waals surface area contributed by atoms with E-state index in [1.165, 1.54) is 12.1 Å². The van der Waals surface area contributed by atoms with Crippen LogP contribution >= 0.6 is 11.5 Å². The minimum absolute atomic E-state index is 0. The maximum atomic E-state index is 11.7. The van der Waals surface area contributed by atoms with Gasteiger partial charge >= 0.3 is 12.7 Å². The van der Waals surface area contributed by atoms with Crippen LogP contribution in [-0.2, 0) is 4.65 Å². The Morgan fingerprint density at radius 1 is 1.07 bits per heavy atom. The van der Waals surface area contributed by atoms with Gasteiger partial charge in [0.25, 0.3) is 0 Å². The third-order valence-electron chi connectivity index (χ3n) is 1.30. The van der Waals surface area contributed by atoms with E-state index in [4.69, 9.17) is 11.5 Å². The first kappa shape index (κ1) is 16.7. The lowest BCUT2D eigenvalue weighted by Gasteiger charge is -2.10. The molecule has 0 aliphatic rings. The molecule has 0 aliphatic carbocycles. The van der Waals surface area contributed by atoms with Crippen molar-refractivity contribution in [2.75, 3.05) is 0 Å². The van der Waals surface area contributed by atoms with Gasteiger partial charge in [-0.05, 0) is 5.46 Å². The lowest BCUT2D eigenvalue weighted by Crippen LogP contribution is -2.33. The summed E-state index contributed by atoms with van der Waals surface area (Å²) >= 11 is 5.35. The maximum Gasteiger partial charge on any atom is 0.509 e. The predicted octanol–water partition coefficient (Wildman–Crippen LogP) is 0.508. The Morgan fingerprint density at radius 2 is 1.53 bits per heavy atom. The summed E-state index contributed by atoms with van der Waals surface area (Å²) in [5, 5.41) is 0. The van der Waals surface area contributed by atoms with E-state index in [2.05, 4.69) is 4.65 Å². The molecule has 0 atom stereocenters. The van der Waals surface area contributed by atoms with Crippen molar-refractivity contribution in [3.05, 3.63) is 30.3 Å². The van der Waals surface area contributed by atoms with Crippen molar-refractivity contribution in [2.45, 2.75) is 6.36 Å². The Morgan fingerprint density at radius 3 is 1.93 bits per heavy atom.